The predicted octanol–water partition coefficient (Wildman–Crippen LogP) is 4.04. The lowest BCUT2D eigenvalue weighted by atomic mass is 10.1. The van der Waals surface area contributed by atoms with E-state index in [1.54, 1.807) is 24.3 Å². The molecule has 1 heterocycles. The summed E-state index contributed by atoms with van der Waals surface area (Å²) in [4.78, 5) is 48.3. The van der Waals surface area contributed by atoms with Gasteiger partial charge in [0.15, 0.2) is 0 Å². The van der Waals surface area contributed by atoms with E-state index < -0.39 is 16.7 Å². The van der Waals surface area contributed by atoms with Gasteiger partial charge in [-0.25, -0.2) is 0 Å². The summed E-state index contributed by atoms with van der Waals surface area (Å²) in [6.45, 7) is 0.148. The number of halogens is 1. The highest BCUT2D eigenvalue weighted by Gasteiger charge is 2.40. The fourth-order valence-corrected chi connectivity index (χ4v) is 3.36. The molecule has 0 atom stereocenters. The first-order chi connectivity index (χ1) is 13.9. The third kappa shape index (κ3) is 4.43. The minimum atomic E-state index is -0.662. The fourth-order valence-electron chi connectivity index (χ4n) is 3.18. The number of amides is 3. The van der Waals surface area contributed by atoms with Crippen LogP contribution >= 0.6 is 11.6 Å². The minimum absolute atomic E-state index is 0.0586. The van der Waals surface area contributed by atoms with E-state index in [-0.39, 0.29) is 35.7 Å². The van der Waals surface area contributed by atoms with Gasteiger partial charge in [0.25, 0.3) is 17.5 Å². The quantitative estimate of drug-likeness (QED) is 0.303. The van der Waals surface area contributed by atoms with Gasteiger partial charge in [-0.3, -0.25) is 29.4 Å². The first kappa shape index (κ1) is 20.5. The second-order valence-electron chi connectivity index (χ2n) is 6.56. The largest absolute Gasteiger partial charge is 0.325 e. The van der Waals surface area contributed by atoms with Gasteiger partial charge in [-0.05, 0) is 31.0 Å². The van der Waals surface area contributed by atoms with Gasteiger partial charge in [-0.1, -0.05) is 36.2 Å². The topological polar surface area (TPSA) is 110 Å². The molecule has 0 bridgehead atoms. The number of nitro groups is 1. The standard InChI is InChI=1S/C20H18ClN3O5/c21-14-8-3-4-9-15(14)22-17(25)11-2-1-5-12-23-19(26)13-7-6-10-16(24(28)29)18(13)20(23)27/h3-4,6-10H,1-2,5,11-12H2,(H,22,25). The number of imide groups is 1. The number of anilines is 1. The highest BCUT2D eigenvalue weighted by atomic mass is 35.5. The Kier molecular flexibility index (Phi) is 6.23. The monoisotopic (exact) mass is 415 g/mol. The summed E-state index contributed by atoms with van der Waals surface area (Å²) in [5.74, 6) is -1.34. The van der Waals surface area contributed by atoms with Crippen LogP contribution in [0, 0.1) is 10.1 Å². The van der Waals surface area contributed by atoms with Crippen molar-refractivity contribution in [3.8, 4) is 0 Å². The van der Waals surface area contributed by atoms with Crippen LogP contribution in [0.3, 0.4) is 0 Å². The zero-order valence-electron chi connectivity index (χ0n) is 15.4. The van der Waals surface area contributed by atoms with E-state index in [1.165, 1.54) is 18.2 Å². The Morgan fingerprint density at radius 3 is 2.52 bits per heavy atom. The number of para-hydroxylation sites is 1. The highest BCUT2D eigenvalue weighted by molar-refractivity contribution is 6.33. The van der Waals surface area contributed by atoms with Gasteiger partial charge in [0.05, 0.1) is 21.2 Å². The van der Waals surface area contributed by atoms with Crippen molar-refractivity contribution in [1.82, 2.24) is 4.90 Å². The smallest absolute Gasteiger partial charge is 0.282 e. The number of fused-ring (bicyclic) bond motifs is 1. The van der Waals surface area contributed by atoms with Crippen LogP contribution in [0.25, 0.3) is 0 Å². The van der Waals surface area contributed by atoms with Crippen LogP contribution in [0.5, 0.6) is 0 Å². The summed E-state index contributed by atoms with van der Waals surface area (Å²) >= 11 is 5.99. The molecular formula is C20H18ClN3O5. The molecule has 0 radical (unpaired) electrons. The van der Waals surface area contributed by atoms with Crippen LogP contribution < -0.4 is 5.32 Å². The van der Waals surface area contributed by atoms with Gasteiger partial charge in [0.1, 0.15) is 5.56 Å². The van der Waals surface area contributed by atoms with E-state index >= 15 is 0 Å². The second kappa shape index (κ2) is 8.83. The average molecular weight is 416 g/mol. The Labute approximate surface area is 171 Å². The van der Waals surface area contributed by atoms with Crippen molar-refractivity contribution in [3.05, 3.63) is 68.7 Å². The molecule has 1 aliphatic heterocycles. The predicted molar refractivity (Wildman–Crippen MR) is 107 cm³/mol. The number of benzene rings is 2. The number of unbranched alkanes of at least 4 members (excludes halogenated alkanes) is 2. The Balaban J connectivity index is 1.48. The van der Waals surface area contributed by atoms with Crippen molar-refractivity contribution in [2.75, 3.05) is 11.9 Å². The van der Waals surface area contributed by atoms with E-state index in [0.717, 1.165) is 4.90 Å². The van der Waals surface area contributed by atoms with Gasteiger partial charge >= 0.3 is 0 Å². The van der Waals surface area contributed by atoms with Crippen LogP contribution in [0.4, 0.5) is 11.4 Å². The van der Waals surface area contributed by atoms with E-state index in [1.807, 2.05) is 0 Å². The number of hydrogen-bond acceptors (Lipinski definition) is 5. The average Bonchev–Trinajstić information content (AvgIpc) is 2.94. The zero-order valence-corrected chi connectivity index (χ0v) is 16.1. The maximum atomic E-state index is 12.5. The van der Waals surface area contributed by atoms with Gasteiger partial charge in [0.2, 0.25) is 5.91 Å². The maximum Gasteiger partial charge on any atom is 0.282 e. The molecule has 3 amide bonds. The molecule has 0 aromatic heterocycles. The molecule has 29 heavy (non-hydrogen) atoms. The number of nitrogens with zero attached hydrogens (tertiary/aromatic N) is 2. The molecule has 2 aromatic rings. The highest BCUT2D eigenvalue weighted by Crippen LogP contribution is 2.30. The van der Waals surface area contributed by atoms with Crippen molar-refractivity contribution < 1.29 is 19.3 Å². The Hall–Kier alpha value is -3.26. The zero-order chi connectivity index (χ0) is 21.0. The lowest BCUT2D eigenvalue weighted by molar-refractivity contribution is -0.385. The van der Waals surface area contributed by atoms with Crippen LogP contribution in [0.15, 0.2) is 42.5 Å². The molecule has 0 aliphatic carbocycles. The summed E-state index contributed by atoms with van der Waals surface area (Å²) in [6.07, 6.45) is 1.96. The molecule has 3 rings (SSSR count). The molecule has 8 nitrogen and oxygen atoms in total. The number of rotatable bonds is 8. The molecule has 1 N–H and O–H groups in total. The van der Waals surface area contributed by atoms with E-state index in [4.69, 9.17) is 11.6 Å². The van der Waals surface area contributed by atoms with Crippen LogP contribution in [0.1, 0.15) is 46.4 Å². The van der Waals surface area contributed by atoms with Crippen molar-refractivity contribution in [1.29, 1.82) is 0 Å². The van der Waals surface area contributed by atoms with Crippen molar-refractivity contribution in [2.24, 2.45) is 0 Å². The van der Waals surface area contributed by atoms with Crippen molar-refractivity contribution in [3.63, 3.8) is 0 Å². The molecule has 9 heteroatoms. The number of hydrogen-bond donors (Lipinski definition) is 1. The van der Waals surface area contributed by atoms with Gasteiger partial charge < -0.3 is 5.32 Å². The molecule has 2 aromatic carbocycles. The van der Waals surface area contributed by atoms with Gasteiger partial charge in [-0.2, -0.15) is 0 Å². The molecule has 0 saturated heterocycles. The Morgan fingerprint density at radius 1 is 1.03 bits per heavy atom. The lowest BCUT2D eigenvalue weighted by Crippen LogP contribution is -2.30. The normalized spacial score (nSPS) is 12.8. The summed E-state index contributed by atoms with van der Waals surface area (Å²) in [5.41, 5.74) is 0.0938. The summed E-state index contributed by atoms with van der Waals surface area (Å²) in [7, 11) is 0. The molecule has 0 fully saturated rings. The fraction of sp³-hybridized carbons (Fsp3) is 0.250. The first-order valence-electron chi connectivity index (χ1n) is 9.08. The van der Waals surface area contributed by atoms with E-state index in [2.05, 4.69) is 5.32 Å². The third-order valence-corrected chi connectivity index (χ3v) is 4.94. The third-order valence-electron chi connectivity index (χ3n) is 4.61. The van der Waals surface area contributed by atoms with Gasteiger partial charge in [0, 0.05) is 19.0 Å². The van der Waals surface area contributed by atoms with Gasteiger partial charge in [-0.15, -0.1) is 0 Å². The first-order valence-corrected chi connectivity index (χ1v) is 9.46. The molecule has 0 saturated carbocycles. The summed E-state index contributed by atoms with van der Waals surface area (Å²) in [6, 6.07) is 11.0. The Morgan fingerprint density at radius 2 is 1.79 bits per heavy atom. The molecular weight excluding hydrogens is 398 g/mol. The molecule has 150 valence electrons. The van der Waals surface area contributed by atoms with Crippen LogP contribution in [-0.2, 0) is 4.79 Å². The molecule has 0 spiro atoms. The second-order valence-corrected chi connectivity index (χ2v) is 6.96. The van der Waals surface area contributed by atoms with E-state index in [9.17, 15) is 24.5 Å². The number of nitro benzene ring substituents is 1. The number of carbonyl (C=O) groups excluding carboxylic acids is 3. The molecule has 0 unspecified atom stereocenters. The van der Waals surface area contributed by atoms with Crippen LogP contribution in [-0.4, -0.2) is 34.1 Å². The van der Waals surface area contributed by atoms with E-state index in [0.29, 0.717) is 30.0 Å². The van der Waals surface area contributed by atoms with Crippen LogP contribution in [0.2, 0.25) is 5.02 Å². The number of carbonyl (C=O) groups is 3. The van der Waals surface area contributed by atoms with Crippen molar-refractivity contribution in [2.45, 2.75) is 25.7 Å². The van der Waals surface area contributed by atoms with Crippen molar-refractivity contribution >= 4 is 40.7 Å². The minimum Gasteiger partial charge on any atom is -0.325 e. The maximum absolute atomic E-state index is 12.5. The number of nitrogens with one attached hydrogen (secondary N) is 1. The molecule has 1 aliphatic rings. The summed E-state index contributed by atoms with van der Waals surface area (Å²) < 4.78 is 0. The summed E-state index contributed by atoms with van der Waals surface area (Å²) in [5, 5.41) is 14.3. The SMILES string of the molecule is O=C(CCCCCN1C(=O)c2cccc([N+](=O)[O-])c2C1=O)Nc1ccccc1Cl. The Bertz CT molecular complexity index is 992. The lowest BCUT2D eigenvalue weighted by Gasteiger charge is -2.13.